The molecule has 0 fully saturated rings. The molecule has 5 nitrogen and oxygen atoms in total. The number of nitrogens with zero attached hydrogens (tertiary/aromatic N) is 1. The summed E-state index contributed by atoms with van der Waals surface area (Å²) in [5.41, 5.74) is -0.341. The van der Waals surface area contributed by atoms with Gasteiger partial charge in [0, 0.05) is 12.1 Å². The Bertz CT molecular complexity index is 410. The van der Waals surface area contributed by atoms with Gasteiger partial charge in [0.15, 0.2) is 5.82 Å². The van der Waals surface area contributed by atoms with Gasteiger partial charge in [0.1, 0.15) is 0 Å². The number of halogens is 1. The van der Waals surface area contributed by atoms with Gasteiger partial charge < -0.3 is 10.1 Å². The number of nitro groups is 1. The molecule has 0 aromatic heterocycles. The van der Waals surface area contributed by atoms with Crippen LogP contribution in [-0.4, -0.2) is 24.1 Å². The maximum absolute atomic E-state index is 13.4. The lowest BCUT2D eigenvalue weighted by Crippen LogP contribution is -2.24. The lowest BCUT2D eigenvalue weighted by Gasteiger charge is -2.09. The normalized spacial score (nSPS) is 10.7. The predicted molar refractivity (Wildman–Crippen MR) is 66.3 cm³/mol. The molecular weight excluding hydrogens is 239 g/mol. The van der Waals surface area contributed by atoms with Crippen LogP contribution in [0.3, 0.4) is 0 Å². The second kappa shape index (κ2) is 6.90. The van der Waals surface area contributed by atoms with E-state index in [9.17, 15) is 14.5 Å². The maximum atomic E-state index is 13.4. The van der Waals surface area contributed by atoms with Gasteiger partial charge in [0.25, 0.3) is 0 Å². The molecule has 1 aromatic carbocycles. The maximum Gasteiger partial charge on any atom is 0.314 e. The highest BCUT2D eigenvalue weighted by molar-refractivity contribution is 5.46. The molecule has 100 valence electrons. The Labute approximate surface area is 105 Å². The third kappa shape index (κ3) is 4.29. The Morgan fingerprint density at radius 1 is 1.50 bits per heavy atom. The summed E-state index contributed by atoms with van der Waals surface area (Å²) in [6, 6.07) is 4.04. The number of ether oxygens (including phenoxy) is 1. The molecule has 0 amide bonds. The minimum absolute atomic E-state index is 0.238. The second-order valence-electron chi connectivity index (χ2n) is 4.16. The number of para-hydroxylation sites is 1. The van der Waals surface area contributed by atoms with E-state index in [2.05, 4.69) is 5.32 Å². The van der Waals surface area contributed by atoms with Crippen LogP contribution < -0.4 is 10.1 Å². The van der Waals surface area contributed by atoms with Crippen molar-refractivity contribution >= 4 is 5.69 Å². The van der Waals surface area contributed by atoms with Crippen LogP contribution in [0.15, 0.2) is 18.2 Å². The van der Waals surface area contributed by atoms with Gasteiger partial charge in [-0.2, -0.15) is 0 Å². The second-order valence-corrected chi connectivity index (χ2v) is 4.16. The van der Waals surface area contributed by atoms with Gasteiger partial charge >= 0.3 is 5.69 Å². The Morgan fingerprint density at radius 2 is 2.22 bits per heavy atom. The summed E-state index contributed by atoms with van der Waals surface area (Å²) < 4.78 is 18.6. The lowest BCUT2D eigenvalue weighted by atomic mass is 10.3. The first-order chi connectivity index (χ1) is 8.52. The van der Waals surface area contributed by atoms with Crippen LogP contribution in [0, 0.1) is 15.9 Å². The van der Waals surface area contributed by atoms with Gasteiger partial charge in [-0.1, -0.05) is 19.9 Å². The van der Waals surface area contributed by atoms with E-state index >= 15 is 0 Å². The average molecular weight is 256 g/mol. The molecule has 0 aliphatic rings. The third-order valence-electron chi connectivity index (χ3n) is 2.26. The molecule has 0 saturated carbocycles. The van der Waals surface area contributed by atoms with Gasteiger partial charge in [-0.15, -0.1) is 0 Å². The fraction of sp³-hybridized carbons (Fsp3) is 0.500. The molecular formula is C12H17FN2O3. The molecule has 0 unspecified atom stereocenters. The summed E-state index contributed by atoms with van der Waals surface area (Å²) in [7, 11) is 0. The van der Waals surface area contributed by atoms with Crippen molar-refractivity contribution in [2.24, 2.45) is 0 Å². The number of hydrogen-bond acceptors (Lipinski definition) is 4. The molecule has 0 aliphatic carbocycles. The zero-order valence-electron chi connectivity index (χ0n) is 10.5. The molecule has 0 radical (unpaired) electrons. The zero-order chi connectivity index (χ0) is 13.5. The SMILES string of the molecule is CC(C)NCCCOc1c(F)cccc1[N+](=O)[O-]. The predicted octanol–water partition coefficient (Wildman–Crippen LogP) is 2.50. The lowest BCUT2D eigenvalue weighted by molar-refractivity contribution is -0.386. The molecule has 1 rings (SSSR count). The molecule has 0 atom stereocenters. The first-order valence-electron chi connectivity index (χ1n) is 5.81. The number of rotatable bonds is 7. The minimum atomic E-state index is -0.707. The Balaban J connectivity index is 2.53. The Hall–Kier alpha value is -1.69. The third-order valence-corrected chi connectivity index (χ3v) is 2.26. The van der Waals surface area contributed by atoms with E-state index in [1.807, 2.05) is 13.8 Å². The molecule has 1 aromatic rings. The molecule has 0 saturated heterocycles. The summed E-state index contributed by atoms with van der Waals surface area (Å²) >= 11 is 0. The van der Waals surface area contributed by atoms with E-state index < -0.39 is 10.7 Å². The summed E-state index contributed by atoms with van der Waals surface area (Å²) in [5, 5.41) is 13.9. The van der Waals surface area contributed by atoms with Crippen LogP contribution >= 0.6 is 0 Å². The van der Waals surface area contributed by atoms with Crippen molar-refractivity contribution in [2.75, 3.05) is 13.2 Å². The minimum Gasteiger partial charge on any atom is -0.485 e. The highest BCUT2D eigenvalue weighted by Crippen LogP contribution is 2.29. The quantitative estimate of drug-likeness (QED) is 0.462. The van der Waals surface area contributed by atoms with Crippen LogP contribution in [0.1, 0.15) is 20.3 Å². The Morgan fingerprint density at radius 3 is 2.83 bits per heavy atom. The van der Waals surface area contributed by atoms with Crippen molar-refractivity contribution in [1.82, 2.24) is 5.32 Å². The highest BCUT2D eigenvalue weighted by Gasteiger charge is 2.18. The van der Waals surface area contributed by atoms with Crippen molar-refractivity contribution in [3.8, 4) is 5.75 Å². The molecule has 1 N–H and O–H groups in total. The smallest absolute Gasteiger partial charge is 0.314 e. The summed E-state index contributed by atoms with van der Waals surface area (Å²) in [5.74, 6) is -0.993. The fourth-order valence-corrected chi connectivity index (χ4v) is 1.42. The van der Waals surface area contributed by atoms with Gasteiger partial charge in [-0.25, -0.2) is 4.39 Å². The molecule has 0 spiro atoms. The number of benzene rings is 1. The first-order valence-corrected chi connectivity index (χ1v) is 5.81. The molecule has 0 aliphatic heterocycles. The van der Waals surface area contributed by atoms with E-state index in [4.69, 9.17) is 4.74 Å². The standard InChI is InChI=1S/C12H17FN2O3/c1-9(2)14-7-4-8-18-12-10(13)5-3-6-11(12)15(16)17/h3,5-6,9,14H,4,7-8H2,1-2H3. The topological polar surface area (TPSA) is 64.4 Å². The van der Waals surface area contributed by atoms with E-state index in [1.165, 1.54) is 12.1 Å². The van der Waals surface area contributed by atoms with Crippen molar-refractivity contribution < 1.29 is 14.1 Å². The van der Waals surface area contributed by atoms with Gasteiger partial charge in [0.2, 0.25) is 5.75 Å². The van der Waals surface area contributed by atoms with E-state index in [0.717, 1.165) is 12.6 Å². The monoisotopic (exact) mass is 256 g/mol. The molecule has 0 bridgehead atoms. The van der Waals surface area contributed by atoms with Crippen LogP contribution in [0.4, 0.5) is 10.1 Å². The summed E-state index contributed by atoms with van der Waals surface area (Å²) in [6.07, 6.45) is 0.656. The van der Waals surface area contributed by atoms with Crippen molar-refractivity contribution in [2.45, 2.75) is 26.3 Å². The number of hydrogen-bond donors (Lipinski definition) is 1. The van der Waals surface area contributed by atoms with E-state index in [0.29, 0.717) is 12.5 Å². The molecule has 6 heteroatoms. The average Bonchev–Trinajstić information content (AvgIpc) is 2.29. The number of nitro benzene ring substituents is 1. The molecule has 18 heavy (non-hydrogen) atoms. The van der Waals surface area contributed by atoms with Crippen molar-refractivity contribution in [3.63, 3.8) is 0 Å². The van der Waals surface area contributed by atoms with Gasteiger partial charge in [0.05, 0.1) is 11.5 Å². The van der Waals surface area contributed by atoms with E-state index in [1.54, 1.807) is 0 Å². The van der Waals surface area contributed by atoms with Crippen LogP contribution in [-0.2, 0) is 0 Å². The summed E-state index contributed by atoms with van der Waals surface area (Å²) in [6.45, 7) is 4.99. The van der Waals surface area contributed by atoms with Crippen LogP contribution in [0.5, 0.6) is 5.75 Å². The highest BCUT2D eigenvalue weighted by atomic mass is 19.1. The number of nitrogens with one attached hydrogen (secondary N) is 1. The Kier molecular flexibility index (Phi) is 5.51. The van der Waals surface area contributed by atoms with Gasteiger partial charge in [-0.05, 0) is 19.0 Å². The fourth-order valence-electron chi connectivity index (χ4n) is 1.42. The van der Waals surface area contributed by atoms with Crippen molar-refractivity contribution in [3.05, 3.63) is 34.1 Å². The van der Waals surface area contributed by atoms with Gasteiger partial charge in [-0.3, -0.25) is 10.1 Å². The molecule has 0 heterocycles. The zero-order valence-corrected chi connectivity index (χ0v) is 10.5. The van der Waals surface area contributed by atoms with Crippen LogP contribution in [0.2, 0.25) is 0 Å². The summed E-state index contributed by atoms with van der Waals surface area (Å²) in [4.78, 5) is 10.1. The van der Waals surface area contributed by atoms with E-state index in [-0.39, 0.29) is 18.0 Å². The first kappa shape index (κ1) is 14.4. The largest absolute Gasteiger partial charge is 0.485 e. The van der Waals surface area contributed by atoms with Crippen LogP contribution in [0.25, 0.3) is 0 Å². The van der Waals surface area contributed by atoms with Crippen molar-refractivity contribution in [1.29, 1.82) is 0 Å².